The summed E-state index contributed by atoms with van der Waals surface area (Å²) in [4.78, 5) is 11.8. The summed E-state index contributed by atoms with van der Waals surface area (Å²) in [6.07, 6.45) is 0. The van der Waals surface area contributed by atoms with Gasteiger partial charge in [0.25, 0.3) is 0 Å². The van der Waals surface area contributed by atoms with Crippen molar-refractivity contribution in [3.8, 4) is 17.2 Å². The van der Waals surface area contributed by atoms with Gasteiger partial charge in [-0.3, -0.25) is 0 Å². The van der Waals surface area contributed by atoms with E-state index in [1.807, 2.05) is 60.7 Å². The smallest absolute Gasteiger partial charge is 0.349 e. The van der Waals surface area contributed by atoms with E-state index in [2.05, 4.69) is 0 Å². The first-order valence-corrected chi connectivity index (χ1v) is 7.11. The highest BCUT2D eigenvalue weighted by molar-refractivity contribution is 6.01. The molecule has 2 aromatic carbocycles. The fraction of sp³-hybridized carbons (Fsp3) is 0.158. The Balaban J connectivity index is 2.34. The van der Waals surface area contributed by atoms with E-state index >= 15 is 0 Å². The molecule has 3 heteroatoms. The van der Waals surface area contributed by atoms with Crippen LogP contribution in [0.5, 0.6) is 0 Å². The first kappa shape index (κ1) is 15.5. The van der Waals surface area contributed by atoms with Gasteiger partial charge in [-0.05, 0) is 36.1 Å². The highest BCUT2D eigenvalue weighted by atomic mass is 16.5. The summed E-state index contributed by atoms with van der Waals surface area (Å²) < 4.78 is 4.91. The molecule has 0 amide bonds. The van der Waals surface area contributed by atoms with Crippen molar-refractivity contribution in [2.24, 2.45) is 0 Å². The maximum absolute atomic E-state index is 11.8. The number of hydrogen-bond acceptors (Lipinski definition) is 3. The normalized spacial score (nSPS) is 11.3. The van der Waals surface area contributed by atoms with Crippen molar-refractivity contribution in [2.45, 2.75) is 13.8 Å². The topological polar surface area (TPSA) is 50.1 Å². The third-order valence-electron chi connectivity index (χ3n) is 3.39. The first-order valence-electron chi connectivity index (χ1n) is 7.11. The van der Waals surface area contributed by atoms with Gasteiger partial charge in [0.05, 0.1) is 6.61 Å². The molecular formula is C19H17NO2. The Labute approximate surface area is 130 Å². The molecule has 22 heavy (non-hydrogen) atoms. The van der Waals surface area contributed by atoms with Gasteiger partial charge in [-0.15, -0.1) is 0 Å². The van der Waals surface area contributed by atoms with E-state index < -0.39 is 5.97 Å². The summed E-state index contributed by atoms with van der Waals surface area (Å²) in [5.74, 6) is -0.574. The van der Waals surface area contributed by atoms with Crippen LogP contribution >= 0.6 is 0 Å². The second kappa shape index (κ2) is 7.24. The SMILES string of the molecule is CCOC(=O)/C(C#N)=C(\C)c1ccc(-c2ccccc2)cc1. The highest BCUT2D eigenvalue weighted by Crippen LogP contribution is 2.24. The van der Waals surface area contributed by atoms with Crippen LogP contribution in [0.15, 0.2) is 60.2 Å². The molecule has 0 radical (unpaired) electrons. The summed E-state index contributed by atoms with van der Waals surface area (Å²) in [7, 11) is 0. The minimum Gasteiger partial charge on any atom is -0.462 e. The average Bonchev–Trinajstić information content (AvgIpc) is 2.56. The first-order chi connectivity index (χ1) is 10.7. The van der Waals surface area contributed by atoms with Gasteiger partial charge in [-0.2, -0.15) is 5.26 Å². The molecule has 0 heterocycles. The van der Waals surface area contributed by atoms with E-state index in [9.17, 15) is 10.1 Å². The van der Waals surface area contributed by atoms with Crippen molar-refractivity contribution >= 4 is 11.5 Å². The number of esters is 1. The van der Waals surface area contributed by atoms with Crippen molar-refractivity contribution in [2.75, 3.05) is 6.61 Å². The lowest BCUT2D eigenvalue weighted by atomic mass is 9.98. The molecule has 0 aromatic heterocycles. The molecule has 110 valence electrons. The molecule has 0 bridgehead atoms. The summed E-state index contributed by atoms with van der Waals surface area (Å²) >= 11 is 0. The molecule has 0 unspecified atom stereocenters. The predicted octanol–water partition coefficient (Wildman–Crippen LogP) is 4.21. The van der Waals surface area contributed by atoms with Crippen LogP contribution in [0.25, 0.3) is 16.7 Å². The largest absolute Gasteiger partial charge is 0.462 e. The predicted molar refractivity (Wildman–Crippen MR) is 86.7 cm³/mol. The molecule has 0 aliphatic carbocycles. The summed E-state index contributed by atoms with van der Waals surface area (Å²) in [6, 6.07) is 19.8. The number of nitriles is 1. The standard InChI is InChI=1S/C19H17NO2/c1-3-22-19(21)18(13-20)14(2)15-9-11-17(12-10-15)16-7-5-4-6-8-16/h4-12H,3H2,1-2H3/b18-14+. The second-order valence-electron chi connectivity index (χ2n) is 4.78. The summed E-state index contributed by atoms with van der Waals surface area (Å²) in [5.41, 5.74) is 3.73. The van der Waals surface area contributed by atoms with Crippen molar-refractivity contribution < 1.29 is 9.53 Å². The molecule has 0 saturated carbocycles. The Morgan fingerprint density at radius 3 is 2.18 bits per heavy atom. The van der Waals surface area contributed by atoms with Gasteiger partial charge < -0.3 is 4.74 Å². The monoisotopic (exact) mass is 291 g/mol. The highest BCUT2D eigenvalue weighted by Gasteiger charge is 2.14. The zero-order chi connectivity index (χ0) is 15.9. The fourth-order valence-electron chi connectivity index (χ4n) is 2.17. The lowest BCUT2D eigenvalue weighted by molar-refractivity contribution is -0.137. The molecule has 3 nitrogen and oxygen atoms in total. The zero-order valence-electron chi connectivity index (χ0n) is 12.7. The van der Waals surface area contributed by atoms with Crippen LogP contribution < -0.4 is 0 Å². The second-order valence-corrected chi connectivity index (χ2v) is 4.78. The van der Waals surface area contributed by atoms with Crippen LogP contribution in [0.4, 0.5) is 0 Å². The number of nitrogens with zero attached hydrogens (tertiary/aromatic N) is 1. The molecule has 2 rings (SSSR count). The Hall–Kier alpha value is -2.86. The molecule has 0 spiro atoms. The van der Waals surface area contributed by atoms with E-state index in [1.165, 1.54) is 0 Å². The van der Waals surface area contributed by atoms with Crippen LogP contribution in [0.3, 0.4) is 0 Å². The van der Waals surface area contributed by atoms with Crippen molar-refractivity contribution in [1.82, 2.24) is 0 Å². The zero-order valence-corrected chi connectivity index (χ0v) is 12.7. The van der Waals surface area contributed by atoms with Crippen molar-refractivity contribution in [1.29, 1.82) is 5.26 Å². The van der Waals surface area contributed by atoms with Gasteiger partial charge in [0.2, 0.25) is 0 Å². The van der Waals surface area contributed by atoms with E-state index in [-0.39, 0.29) is 12.2 Å². The molecule has 0 fully saturated rings. The number of carbonyl (C=O) groups is 1. The summed E-state index contributed by atoms with van der Waals surface area (Å²) in [6.45, 7) is 3.73. The number of rotatable bonds is 4. The van der Waals surface area contributed by atoms with Crippen molar-refractivity contribution in [3.63, 3.8) is 0 Å². The molecule has 2 aromatic rings. The van der Waals surface area contributed by atoms with Gasteiger partial charge in [0, 0.05) is 0 Å². The Kier molecular flexibility index (Phi) is 5.11. The quantitative estimate of drug-likeness (QED) is 0.481. The summed E-state index contributed by atoms with van der Waals surface area (Å²) in [5, 5.41) is 9.18. The van der Waals surface area contributed by atoms with E-state index in [1.54, 1.807) is 13.8 Å². The van der Waals surface area contributed by atoms with Gasteiger partial charge >= 0.3 is 5.97 Å². The molecule has 0 aliphatic rings. The van der Waals surface area contributed by atoms with Crippen LogP contribution in [-0.2, 0) is 9.53 Å². The molecule has 0 aliphatic heterocycles. The molecular weight excluding hydrogens is 274 g/mol. The Bertz CT molecular complexity index is 722. The minimum absolute atomic E-state index is 0.0503. The van der Waals surface area contributed by atoms with Gasteiger partial charge in [-0.25, -0.2) is 4.79 Å². The van der Waals surface area contributed by atoms with Gasteiger partial charge in [0.15, 0.2) is 0 Å². The van der Waals surface area contributed by atoms with E-state index in [0.29, 0.717) is 5.57 Å². The van der Waals surface area contributed by atoms with Crippen LogP contribution in [0.2, 0.25) is 0 Å². The average molecular weight is 291 g/mol. The number of benzene rings is 2. The minimum atomic E-state index is -0.574. The number of allylic oxidation sites excluding steroid dienone is 1. The van der Waals surface area contributed by atoms with Crippen molar-refractivity contribution in [3.05, 3.63) is 65.7 Å². The van der Waals surface area contributed by atoms with E-state index in [4.69, 9.17) is 4.74 Å². The lowest BCUT2D eigenvalue weighted by Gasteiger charge is -2.07. The maximum atomic E-state index is 11.8. The van der Waals surface area contributed by atoms with E-state index in [0.717, 1.165) is 16.7 Å². The Morgan fingerprint density at radius 2 is 1.64 bits per heavy atom. The van der Waals surface area contributed by atoms with Crippen LogP contribution in [0, 0.1) is 11.3 Å². The maximum Gasteiger partial charge on any atom is 0.349 e. The molecule has 0 atom stereocenters. The molecule has 0 saturated heterocycles. The molecule has 0 N–H and O–H groups in total. The van der Waals surface area contributed by atoms with Gasteiger partial charge in [0.1, 0.15) is 11.6 Å². The third kappa shape index (κ3) is 3.42. The Morgan fingerprint density at radius 1 is 1.05 bits per heavy atom. The third-order valence-corrected chi connectivity index (χ3v) is 3.39. The van der Waals surface area contributed by atoms with Crippen LogP contribution in [0.1, 0.15) is 19.4 Å². The van der Waals surface area contributed by atoms with Crippen LogP contribution in [-0.4, -0.2) is 12.6 Å². The number of hydrogen-bond donors (Lipinski definition) is 0. The number of carbonyl (C=O) groups excluding carboxylic acids is 1. The van der Waals surface area contributed by atoms with Gasteiger partial charge in [-0.1, -0.05) is 54.6 Å². The number of ether oxygens (including phenoxy) is 1. The fourth-order valence-corrected chi connectivity index (χ4v) is 2.17. The lowest BCUT2D eigenvalue weighted by Crippen LogP contribution is -2.08.